The topological polar surface area (TPSA) is 96.7 Å². The molecule has 4 aromatic rings. The van der Waals surface area contributed by atoms with Crippen LogP contribution in [0.25, 0.3) is 28.6 Å². The first kappa shape index (κ1) is 18.7. The maximum Gasteiger partial charge on any atom is 0.223 e. The van der Waals surface area contributed by atoms with Crippen LogP contribution in [0.4, 0.5) is 0 Å². The standard InChI is InChI=1S/C21H23N7O2/c1-12-6-7-15-14(8-12)20-25-24-17(10-29-21(3,4)5)27(20)9-16-18(22-11-28(15)16)19-23-13(2)30-26-19/h6-8,11H,9-10H2,1-5H3. The number of benzene rings is 1. The van der Waals surface area contributed by atoms with E-state index >= 15 is 0 Å². The van der Waals surface area contributed by atoms with Gasteiger partial charge in [-0.25, -0.2) is 4.98 Å². The van der Waals surface area contributed by atoms with E-state index in [0.29, 0.717) is 30.6 Å². The molecule has 0 unspecified atom stereocenters. The first-order valence-corrected chi connectivity index (χ1v) is 9.84. The van der Waals surface area contributed by atoms with Crippen LogP contribution in [-0.2, 0) is 17.9 Å². The Labute approximate surface area is 173 Å². The highest BCUT2D eigenvalue weighted by Crippen LogP contribution is 2.35. The second-order valence-electron chi connectivity index (χ2n) is 8.49. The first-order valence-electron chi connectivity index (χ1n) is 9.84. The third kappa shape index (κ3) is 3.11. The average molecular weight is 405 g/mol. The maximum absolute atomic E-state index is 5.99. The molecule has 1 aromatic carbocycles. The molecule has 1 aliphatic rings. The van der Waals surface area contributed by atoms with E-state index in [1.165, 1.54) is 0 Å². The summed E-state index contributed by atoms with van der Waals surface area (Å²) in [6.07, 6.45) is 1.80. The molecule has 3 aromatic heterocycles. The van der Waals surface area contributed by atoms with Crippen molar-refractivity contribution in [3.63, 3.8) is 0 Å². The number of ether oxygens (including phenoxy) is 1. The van der Waals surface area contributed by atoms with Crippen LogP contribution in [0.15, 0.2) is 29.0 Å². The Hall–Kier alpha value is -3.33. The molecule has 0 fully saturated rings. The van der Waals surface area contributed by atoms with Gasteiger partial charge in [0, 0.05) is 12.5 Å². The normalized spacial score (nSPS) is 13.0. The van der Waals surface area contributed by atoms with Crippen molar-refractivity contribution in [3.05, 3.63) is 47.5 Å². The van der Waals surface area contributed by atoms with Crippen LogP contribution in [0.1, 0.15) is 43.7 Å². The van der Waals surface area contributed by atoms with E-state index < -0.39 is 0 Å². The molecular formula is C21H23N7O2. The van der Waals surface area contributed by atoms with Gasteiger partial charge in [0.05, 0.1) is 23.5 Å². The Bertz CT molecular complexity index is 1240. The van der Waals surface area contributed by atoms with Crippen LogP contribution in [0.5, 0.6) is 0 Å². The Morgan fingerprint density at radius 2 is 2.00 bits per heavy atom. The second-order valence-corrected chi connectivity index (χ2v) is 8.49. The Kier molecular flexibility index (Phi) is 4.11. The monoisotopic (exact) mass is 405 g/mol. The molecule has 0 spiro atoms. The lowest BCUT2D eigenvalue weighted by Gasteiger charge is -2.19. The Morgan fingerprint density at radius 3 is 2.73 bits per heavy atom. The van der Waals surface area contributed by atoms with Crippen molar-refractivity contribution in [2.75, 3.05) is 0 Å². The molecule has 1 aliphatic heterocycles. The minimum absolute atomic E-state index is 0.277. The van der Waals surface area contributed by atoms with Crippen molar-refractivity contribution < 1.29 is 9.26 Å². The van der Waals surface area contributed by atoms with Crippen LogP contribution in [-0.4, -0.2) is 40.1 Å². The van der Waals surface area contributed by atoms with Gasteiger partial charge in [-0.15, -0.1) is 10.2 Å². The highest BCUT2D eigenvalue weighted by atomic mass is 16.5. The van der Waals surface area contributed by atoms with Gasteiger partial charge in [0.25, 0.3) is 0 Å². The van der Waals surface area contributed by atoms with E-state index in [0.717, 1.165) is 34.2 Å². The molecule has 5 rings (SSSR count). The molecule has 0 radical (unpaired) electrons. The number of hydrogen-bond acceptors (Lipinski definition) is 7. The number of aryl methyl sites for hydroxylation is 2. The molecule has 0 atom stereocenters. The zero-order chi connectivity index (χ0) is 21.0. The number of imidazole rings is 1. The van der Waals surface area contributed by atoms with Crippen LogP contribution < -0.4 is 0 Å². The Balaban J connectivity index is 1.70. The van der Waals surface area contributed by atoms with Crippen molar-refractivity contribution in [1.29, 1.82) is 0 Å². The Morgan fingerprint density at radius 1 is 1.17 bits per heavy atom. The van der Waals surface area contributed by atoms with Gasteiger partial charge in [-0.05, 0) is 39.8 Å². The van der Waals surface area contributed by atoms with Crippen molar-refractivity contribution in [2.45, 2.75) is 53.4 Å². The van der Waals surface area contributed by atoms with Crippen molar-refractivity contribution in [2.24, 2.45) is 0 Å². The predicted molar refractivity (Wildman–Crippen MR) is 109 cm³/mol. The fraction of sp³-hybridized carbons (Fsp3) is 0.381. The zero-order valence-electron chi connectivity index (χ0n) is 17.7. The molecule has 9 heteroatoms. The number of aromatic nitrogens is 7. The van der Waals surface area contributed by atoms with E-state index in [1.807, 2.05) is 20.8 Å². The van der Waals surface area contributed by atoms with Gasteiger partial charge in [-0.1, -0.05) is 16.8 Å². The van der Waals surface area contributed by atoms with Gasteiger partial charge < -0.3 is 13.8 Å². The van der Waals surface area contributed by atoms with Gasteiger partial charge in [0.15, 0.2) is 11.6 Å². The first-order chi connectivity index (χ1) is 14.3. The summed E-state index contributed by atoms with van der Waals surface area (Å²) in [5.41, 5.74) is 4.48. The summed E-state index contributed by atoms with van der Waals surface area (Å²) in [5, 5.41) is 13.0. The van der Waals surface area contributed by atoms with Gasteiger partial charge in [-0.3, -0.25) is 4.57 Å². The molecule has 0 saturated carbocycles. The summed E-state index contributed by atoms with van der Waals surface area (Å²) in [4.78, 5) is 8.99. The molecule has 0 saturated heterocycles. The second kappa shape index (κ2) is 6.60. The minimum atomic E-state index is -0.277. The average Bonchev–Trinajstić information content (AvgIpc) is 3.37. The molecule has 154 valence electrons. The SMILES string of the molecule is Cc1ccc2c(c1)-c1nnc(COC(C)(C)C)n1Cc1c(-c3noc(C)n3)ncn1-2. The van der Waals surface area contributed by atoms with Crippen molar-refractivity contribution in [3.8, 4) is 28.6 Å². The molecule has 0 aliphatic carbocycles. The largest absolute Gasteiger partial charge is 0.368 e. The third-order valence-electron chi connectivity index (χ3n) is 5.03. The minimum Gasteiger partial charge on any atom is -0.368 e. The quantitative estimate of drug-likeness (QED) is 0.453. The lowest BCUT2D eigenvalue weighted by Crippen LogP contribution is -2.20. The molecule has 0 amide bonds. The lowest BCUT2D eigenvalue weighted by molar-refractivity contribution is -0.0192. The molecule has 9 nitrogen and oxygen atoms in total. The zero-order valence-corrected chi connectivity index (χ0v) is 17.7. The number of hydrogen-bond donors (Lipinski definition) is 0. The third-order valence-corrected chi connectivity index (χ3v) is 5.03. The lowest BCUT2D eigenvalue weighted by atomic mass is 10.1. The molecule has 0 N–H and O–H groups in total. The van der Waals surface area contributed by atoms with Gasteiger partial charge in [0.2, 0.25) is 11.7 Å². The smallest absolute Gasteiger partial charge is 0.223 e. The van der Waals surface area contributed by atoms with E-state index in [-0.39, 0.29) is 5.60 Å². The van der Waals surface area contributed by atoms with Gasteiger partial charge in [-0.2, -0.15) is 4.98 Å². The van der Waals surface area contributed by atoms with E-state index in [9.17, 15) is 0 Å². The summed E-state index contributed by atoms with van der Waals surface area (Å²) >= 11 is 0. The predicted octanol–water partition coefficient (Wildman–Crippen LogP) is 3.47. The highest BCUT2D eigenvalue weighted by molar-refractivity contribution is 5.71. The summed E-state index contributed by atoms with van der Waals surface area (Å²) in [6, 6.07) is 6.28. The van der Waals surface area contributed by atoms with Crippen LogP contribution in [0.3, 0.4) is 0 Å². The molecule has 0 bridgehead atoms. The summed E-state index contributed by atoms with van der Waals surface area (Å²) < 4.78 is 15.3. The summed E-state index contributed by atoms with van der Waals surface area (Å²) in [6.45, 7) is 10.8. The molecular weight excluding hydrogens is 382 g/mol. The maximum atomic E-state index is 5.99. The van der Waals surface area contributed by atoms with Gasteiger partial charge >= 0.3 is 0 Å². The van der Waals surface area contributed by atoms with E-state index in [2.05, 4.69) is 59.6 Å². The summed E-state index contributed by atoms with van der Waals surface area (Å²) in [7, 11) is 0. The number of nitrogens with zero attached hydrogens (tertiary/aromatic N) is 7. The van der Waals surface area contributed by atoms with Crippen molar-refractivity contribution in [1.82, 2.24) is 34.5 Å². The molecule has 4 heterocycles. The number of rotatable bonds is 3. The van der Waals surface area contributed by atoms with E-state index in [1.54, 1.807) is 13.3 Å². The molecule has 30 heavy (non-hydrogen) atoms. The van der Waals surface area contributed by atoms with Gasteiger partial charge in [0.1, 0.15) is 18.6 Å². The van der Waals surface area contributed by atoms with E-state index in [4.69, 9.17) is 9.26 Å². The van der Waals surface area contributed by atoms with Crippen molar-refractivity contribution >= 4 is 0 Å². The van der Waals surface area contributed by atoms with Crippen LogP contribution in [0.2, 0.25) is 0 Å². The van der Waals surface area contributed by atoms with Crippen LogP contribution >= 0.6 is 0 Å². The number of fused-ring (bicyclic) bond motifs is 5. The summed E-state index contributed by atoms with van der Waals surface area (Å²) in [5.74, 6) is 2.54. The fourth-order valence-corrected chi connectivity index (χ4v) is 3.59. The van der Waals surface area contributed by atoms with Crippen LogP contribution in [0, 0.1) is 13.8 Å². The highest BCUT2D eigenvalue weighted by Gasteiger charge is 2.28. The fourth-order valence-electron chi connectivity index (χ4n) is 3.59.